The van der Waals surface area contributed by atoms with Gasteiger partial charge in [-0.05, 0) is 111 Å². The third-order valence-electron chi connectivity index (χ3n) is 13.9. The molecule has 12 heteroatoms. The van der Waals surface area contributed by atoms with Crippen LogP contribution in [0.4, 0.5) is 9.18 Å². The standard InChI is InChI=1S/C39H58FN5O6/c1-39(2,3)51-38(49)42-21-12-15-44(19-21)37(48)28-20-45-30-17-25-23-9-5-6-10-24(23)34(46)26(25)18-31(30)50-36-32(29(40)16-27(33(36)45)35(28)47)41-13-11-22-8-7-14-43(22)4/h20-27,29-33,36,41H,5-19H2,1-4H3,(H,42,49)/t21-,22?,23?,24?,25?,26?,27?,29?,30?,31?,32?,33?,36?/m0/s1. The van der Waals surface area contributed by atoms with Crippen LogP contribution in [0.2, 0.25) is 0 Å². The van der Waals surface area contributed by atoms with Crippen LogP contribution in [0.25, 0.3) is 0 Å². The van der Waals surface area contributed by atoms with Gasteiger partial charge < -0.3 is 34.8 Å². The molecule has 0 aromatic rings. The predicted molar refractivity (Wildman–Crippen MR) is 187 cm³/mol. The molecular weight excluding hydrogens is 653 g/mol. The van der Waals surface area contributed by atoms with Gasteiger partial charge in [0, 0.05) is 43.1 Å². The van der Waals surface area contributed by atoms with Gasteiger partial charge in [0.1, 0.15) is 17.6 Å². The maximum Gasteiger partial charge on any atom is 0.407 e. The Morgan fingerprint density at radius 3 is 2.55 bits per heavy atom. The lowest BCUT2D eigenvalue weighted by Crippen LogP contribution is -2.73. The molecule has 0 aromatic carbocycles. The smallest absolute Gasteiger partial charge is 0.407 e. The molecule has 11 nitrogen and oxygen atoms in total. The van der Waals surface area contributed by atoms with Gasteiger partial charge in [0.05, 0.1) is 41.9 Å². The number of ketones is 2. The summed E-state index contributed by atoms with van der Waals surface area (Å²) in [4.78, 5) is 61.0. The molecule has 2 amide bonds. The second-order valence-corrected chi connectivity index (χ2v) is 18.0. The minimum absolute atomic E-state index is 0.0312. The topological polar surface area (TPSA) is 121 Å². The van der Waals surface area contributed by atoms with Gasteiger partial charge in [0.15, 0.2) is 5.78 Å². The first-order valence-corrected chi connectivity index (χ1v) is 20.0. The molecule has 12 unspecified atom stereocenters. The Bertz CT molecular complexity index is 1430. The van der Waals surface area contributed by atoms with E-state index in [-0.39, 0.29) is 72.2 Å². The van der Waals surface area contributed by atoms with Gasteiger partial charge in [0.25, 0.3) is 5.91 Å². The number of hydrogen-bond donors (Lipinski definition) is 2. The Balaban J connectivity index is 1.06. The molecule has 4 heterocycles. The van der Waals surface area contributed by atoms with Crippen LogP contribution in [0.3, 0.4) is 0 Å². The normalized spacial score (nSPS) is 42.1. The van der Waals surface area contributed by atoms with E-state index in [2.05, 4.69) is 27.5 Å². The van der Waals surface area contributed by atoms with Gasteiger partial charge in [-0.25, -0.2) is 9.18 Å². The number of rotatable bonds is 6. The van der Waals surface area contributed by atoms with E-state index in [1.54, 1.807) is 31.9 Å². The van der Waals surface area contributed by atoms with Gasteiger partial charge in [0.2, 0.25) is 0 Å². The van der Waals surface area contributed by atoms with E-state index in [1.807, 2.05) is 0 Å². The minimum atomic E-state index is -1.31. The van der Waals surface area contributed by atoms with Gasteiger partial charge in [-0.1, -0.05) is 12.8 Å². The minimum Gasteiger partial charge on any atom is -0.444 e. The summed E-state index contributed by atoms with van der Waals surface area (Å²) in [5.74, 6) is -0.184. The summed E-state index contributed by atoms with van der Waals surface area (Å²) in [5, 5.41) is 6.43. The van der Waals surface area contributed by atoms with Crippen LogP contribution in [0.5, 0.6) is 0 Å². The molecule has 3 saturated heterocycles. The Morgan fingerprint density at radius 1 is 0.980 bits per heavy atom. The molecule has 4 saturated carbocycles. The number of carbonyl (C=O) groups is 4. The fraction of sp³-hybridized carbons (Fsp3) is 0.846. The predicted octanol–water partition coefficient (Wildman–Crippen LogP) is 3.60. The van der Waals surface area contributed by atoms with E-state index in [0.29, 0.717) is 43.7 Å². The number of ether oxygens (including phenoxy) is 2. The van der Waals surface area contributed by atoms with Crippen LogP contribution in [0.1, 0.15) is 91.4 Å². The molecule has 7 fully saturated rings. The van der Waals surface area contributed by atoms with Crippen LogP contribution < -0.4 is 10.6 Å². The maximum absolute atomic E-state index is 16.4. The van der Waals surface area contributed by atoms with Gasteiger partial charge >= 0.3 is 6.09 Å². The molecule has 51 heavy (non-hydrogen) atoms. The highest BCUT2D eigenvalue weighted by Gasteiger charge is 2.62. The largest absolute Gasteiger partial charge is 0.444 e. The molecule has 2 N–H and O–H groups in total. The average molecular weight is 712 g/mol. The Morgan fingerprint density at radius 2 is 1.78 bits per heavy atom. The number of morpholine rings is 1. The highest BCUT2D eigenvalue weighted by molar-refractivity contribution is 6.20. The second-order valence-electron chi connectivity index (χ2n) is 18.0. The summed E-state index contributed by atoms with van der Waals surface area (Å²) in [6.45, 7) is 7.84. The zero-order valence-electron chi connectivity index (χ0n) is 30.9. The maximum atomic E-state index is 16.4. The fourth-order valence-corrected chi connectivity index (χ4v) is 11.6. The number of alkyl halides is 1. The third-order valence-corrected chi connectivity index (χ3v) is 13.9. The SMILES string of the molecule is CN1CCCC1CCNC1C(F)CC2C(=O)C(C(=O)N3CC[C@H](NC(=O)OC(C)(C)C)C3)=CN3C4CC5C(CC4OC1C23)C(=O)C1CCCCC15. The van der Waals surface area contributed by atoms with E-state index >= 15 is 4.39 Å². The van der Waals surface area contributed by atoms with Crippen molar-refractivity contribution >= 4 is 23.6 Å². The van der Waals surface area contributed by atoms with Crippen molar-refractivity contribution in [1.29, 1.82) is 0 Å². The van der Waals surface area contributed by atoms with Crippen LogP contribution in [0.15, 0.2) is 11.8 Å². The summed E-state index contributed by atoms with van der Waals surface area (Å²) in [5.41, 5.74) is -0.531. The van der Waals surface area contributed by atoms with Crippen molar-refractivity contribution in [3.05, 3.63) is 11.8 Å². The van der Waals surface area contributed by atoms with E-state index in [1.165, 1.54) is 6.42 Å². The number of hydrogen-bond acceptors (Lipinski definition) is 9. The highest BCUT2D eigenvalue weighted by Crippen LogP contribution is 2.56. The number of amides is 2. The van der Waals surface area contributed by atoms with Crippen molar-refractivity contribution in [2.75, 3.05) is 33.2 Å². The summed E-state index contributed by atoms with van der Waals surface area (Å²) in [6, 6.07) is -0.831. The summed E-state index contributed by atoms with van der Waals surface area (Å²) >= 11 is 0. The molecule has 0 aromatic heterocycles. The molecule has 0 bridgehead atoms. The van der Waals surface area contributed by atoms with Crippen LogP contribution in [-0.2, 0) is 23.9 Å². The number of fused-ring (bicyclic) bond motifs is 5. The van der Waals surface area contributed by atoms with Crippen LogP contribution >= 0.6 is 0 Å². The lowest BCUT2D eigenvalue weighted by Gasteiger charge is -2.60. The zero-order chi connectivity index (χ0) is 35.8. The molecule has 4 aliphatic heterocycles. The number of nitrogens with one attached hydrogen (secondary N) is 2. The number of carbonyl (C=O) groups excluding carboxylic acids is 4. The van der Waals surface area contributed by atoms with Crippen molar-refractivity contribution in [2.24, 2.45) is 29.6 Å². The zero-order valence-corrected chi connectivity index (χ0v) is 30.9. The van der Waals surface area contributed by atoms with Crippen molar-refractivity contribution in [2.45, 2.75) is 146 Å². The monoisotopic (exact) mass is 711 g/mol. The molecule has 13 atom stereocenters. The van der Waals surface area contributed by atoms with Gasteiger partial charge in [-0.3, -0.25) is 14.4 Å². The summed E-state index contributed by atoms with van der Waals surface area (Å²) in [7, 11) is 2.15. The van der Waals surface area contributed by atoms with E-state index in [4.69, 9.17) is 9.47 Å². The second kappa shape index (κ2) is 13.7. The molecule has 8 aliphatic rings. The van der Waals surface area contributed by atoms with Gasteiger partial charge in [-0.15, -0.1) is 0 Å². The fourth-order valence-electron chi connectivity index (χ4n) is 11.6. The number of likely N-dealkylation sites (tertiary alicyclic amines) is 2. The molecule has 0 spiro atoms. The number of halogens is 1. The Hall–Kier alpha value is -2.57. The number of Topliss-reactive ketones (excluding diaryl/α,β-unsaturated/α-hetero) is 2. The Labute approximate surface area is 301 Å². The summed E-state index contributed by atoms with van der Waals surface area (Å²) in [6.07, 6.45) is 8.71. The third kappa shape index (κ3) is 6.53. The first-order chi connectivity index (χ1) is 24.4. The Kier molecular flexibility index (Phi) is 9.52. The molecule has 4 aliphatic carbocycles. The van der Waals surface area contributed by atoms with Gasteiger partial charge in [-0.2, -0.15) is 0 Å². The molecule has 8 rings (SSSR count). The first-order valence-electron chi connectivity index (χ1n) is 20.0. The van der Waals surface area contributed by atoms with E-state index in [0.717, 1.165) is 51.5 Å². The average Bonchev–Trinajstić information content (AvgIpc) is 3.79. The summed E-state index contributed by atoms with van der Waals surface area (Å²) < 4.78 is 28.8. The van der Waals surface area contributed by atoms with Crippen LogP contribution in [-0.4, -0.2) is 126 Å². The van der Waals surface area contributed by atoms with E-state index < -0.39 is 35.9 Å². The van der Waals surface area contributed by atoms with Crippen molar-refractivity contribution in [3.63, 3.8) is 0 Å². The quantitative estimate of drug-likeness (QED) is 0.399. The van der Waals surface area contributed by atoms with Crippen molar-refractivity contribution < 1.29 is 33.0 Å². The number of alkyl carbamates (subject to hydrolysis) is 1. The molecule has 0 radical (unpaired) electrons. The highest BCUT2D eigenvalue weighted by atomic mass is 19.1. The molecular formula is C39H58FN5O6. The van der Waals surface area contributed by atoms with Crippen molar-refractivity contribution in [1.82, 2.24) is 25.3 Å². The molecule has 282 valence electrons. The number of nitrogens with zero attached hydrogens (tertiary/aromatic N) is 3. The lowest BCUT2D eigenvalue weighted by molar-refractivity contribution is -0.206. The van der Waals surface area contributed by atoms with Crippen LogP contribution in [0, 0.1) is 29.6 Å². The lowest BCUT2D eigenvalue weighted by atomic mass is 9.66. The first kappa shape index (κ1) is 35.5. The van der Waals surface area contributed by atoms with Crippen molar-refractivity contribution in [3.8, 4) is 0 Å². The van der Waals surface area contributed by atoms with E-state index in [9.17, 15) is 19.2 Å².